The molecule has 3 nitrogen and oxygen atoms in total. The van der Waals surface area contributed by atoms with Crippen molar-refractivity contribution >= 4 is 44.2 Å². The zero-order valence-corrected chi connectivity index (χ0v) is 31.8. The van der Waals surface area contributed by atoms with Crippen LogP contribution in [0.15, 0.2) is 206 Å². The predicted molar refractivity (Wildman–Crippen MR) is 243 cm³/mol. The van der Waals surface area contributed by atoms with Crippen LogP contribution in [0, 0.1) is 0 Å². The lowest BCUT2D eigenvalue weighted by atomic mass is 9.88. The first-order chi connectivity index (χ1) is 28.7. The molecular weight excluding hydrogens is 703 g/mol. The van der Waals surface area contributed by atoms with Gasteiger partial charge in [0.2, 0.25) is 0 Å². The van der Waals surface area contributed by atoms with Crippen LogP contribution in [-0.2, 0) is 0 Å². The molecule has 0 amide bonds. The molecule has 58 heavy (non-hydrogen) atoms. The summed E-state index contributed by atoms with van der Waals surface area (Å²) >= 11 is 0. The summed E-state index contributed by atoms with van der Waals surface area (Å²) in [5.41, 5.74) is 15.7. The summed E-state index contributed by atoms with van der Waals surface area (Å²) in [4.78, 5) is 10.5. The van der Waals surface area contributed by atoms with E-state index in [1.165, 1.54) is 60.6 Å². The van der Waals surface area contributed by atoms with Gasteiger partial charge in [-0.1, -0.05) is 170 Å². The molecule has 0 bridgehead atoms. The Hall–Kier alpha value is -7.62. The number of para-hydroxylation sites is 2. The lowest BCUT2D eigenvalue weighted by Gasteiger charge is -2.17. The van der Waals surface area contributed by atoms with Gasteiger partial charge in [-0.25, -0.2) is 9.97 Å². The SMILES string of the molecule is C1=Cc2cccc(-c3cc(-c4ccc5cc(-c6ccc(-n7c8ccccc8c8ccccc87)cc6)ccc5c4)nc(-c4ccccc4)n3)c2C(c2ccccc2)=CC1. The average Bonchev–Trinajstić information content (AvgIpc) is 3.47. The smallest absolute Gasteiger partial charge is 0.160 e. The normalized spacial score (nSPS) is 12.4. The minimum absolute atomic E-state index is 0.708. The van der Waals surface area contributed by atoms with Crippen LogP contribution < -0.4 is 0 Å². The second-order valence-corrected chi connectivity index (χ2v) is 14.9. The van der Waals surface area contributed by atoms with E-state index in [0.717, 1.165) is 45.6 Å². The van der Waals surface area contributed by atoms with Crippen LogP contribution in [0.3, 0.4) is 0 Å². The van der Waals surface area contributed by atoms with Gasteiger partial charge in [0.1, 0.15) is 0 Å². The lowest BCUT2D eigenvalue weighted by Crippen LogP contribution is -2.00. The Kier molecular flexibility index (Phi) is 8.22. The third kappa shape index (κ3) is 5.93. The molecule has 0 spiro atoms. The van der Waals surface area contributed by atoms with Crippen molar-refractivity contribution in [1.29, 1.82) is 0 Å². The Balaban J connectivity index is 0.979. The molecule has 272 valence electrons. The number of aromatic nitrogens is 3. The van der Waals surface area contributed by atoms with Crippen molar-refractivity contribution in [2.45, 2.75) is 6.42 Å². The van der Waals surface area contributed by atoms with Crippen molar-refractivity contribution in [2.75, 3.05) is 0 Å². The van der Waals surface area contributed by atoms with Gasteiger partial charge in [-0.05, 0) is 93.0 Å². The third-order valence-electron chi connectivity index (χ3n) is 11.4. The van der Waals surface area contributed by atoms with E-state index in [1.807, 2.05) is 18.2 Å². The van der Waals surface area contributed by atoms with Crippen molar-refractivity contribution in [1.82, 2.24) is 14.5 Å². The van der Waals surface area contributed by atoms with E-state index in [1.54, 1.807) is 0 Å². The van der Waals surface area contributed by atoms with Gasteiger partial charge >= 0.3 is 0 Å². The van der Waals surface area contributed by atoms with Gasteiger partial charge in [0, 0.05) is 33.2 Å². The van der Waals surface area contributed by atoms with Crippen molar-refractivity contribution in [3.8, 4) is 50.7 Å². The highest BCUT2D eigenvalue weighted by molar-refractivity contribution is 6.09. The van der Waals surface area contributed by atoms with Crippen LogP contribution in [0.25, 0.3) is 94.9 Å². The molecule has 2 aromatic heterocycles. The molecule has 0 N–H and O–H groups in total. The molecule has 10 aromatic rings. The highest BCUT2D eigenvalue weighted by Gasteiger charge is 2.20. The van der Waals surface area contributed by atoms with Gasteiger partial charge in [-0.3, -0.25) is 0 Å². The second-order valence-electron chi connectivity index (χ2n) is 14.9. The standard InChI is InChI=1S/C55H37N3/c1-3-14-38(15-4-1)46-20-8-7-16-39-19-13-23-49(54(39)46)51-36-50(56-55(57-51)40-17-5-2-6-18-40)44-29-28-42-34-41(26-27-43(42)35-44)37-30-32-45(33-31-37)58-52-24-11-9-21-47(52)48-22-10-12-25-53(48)58/h1-7,9-36H,8H2. The predicted octanol–water partition coefficient (Wildman–Crippen LogP) is 14.2. The monoisotopic (exact) mass is 739 g/mol. The van der Waals surface area contributed by atoms with Gasteiger partial charge in [0.05, 0.1) is 22.4 Å². The largest absolute Gasteiger partial charge is 0.309 e. The van der Waals surface area contributed by atoms with E-state index < -0.39 is 0 Å². The molecule has 0 aliphatic heterocycles. The number of benzene rings is 8. The fourth-order valence-corrected chi connectivity index (χ4v) is 8.62. The quantitative estimate of drug-likeness (QED) is 0.170. The fourth-order valence-electron chi connectivity index (χ4n) is 8.62. The molecule has 3 heteroatoms. The van der Waals surface area contributed by atoms with Gasteiger partial charge < -0.3 is 4.57 Å². The zero-order valence-electron chi connectivity index (χ0n) is 31.8. The van der Waals surface area contributed by atoms with Crippen molar-refractivity contribution in [3.05, 3.63) is 223 Å². The third-order valence-corrected chi connectivity index (χ3v) is 11.4. The molecule has 11 rings (SSSR count). The lowest BCUT2D eigenvalue weighted by molar-refractivity contribution is 1.18. The molecule has 0 saturated carbocycles. The molecule has 0 unspecified atom stereocenters. The number of nitrogens with zero attached hydrogens (tertiary/aromatic N) is 3. The molecular formula is C55H37N3. The minimum Gasteiger partial charge on any atom is -0.309 e. The molecule has 0 fully saturated rings. The van der Waals surface area contributed by atoms with Crippen molar-refractivity contribution < 1.29 is 0 Å². The Labute approximate surface area is 337 Å². The first kappa shape index (κ1) is 33.7. The Bertz CT molecular complexity index is 3170. The Morgan fingerprint density at radius 1 is 0.431 bits per heavy atom. The highest BCUT2D eigenvalue weighted by Crippen LogP contribution is 2.39. The summed E-state index contributed by atoms with van der Waals surface area (Å²) < 4.78 is 2.36. The summed E-state index contributed by atoms with van der Waals surface area (Å²) in [6, 6.07) is 69.4. The summed E-state index contributed by atoms with van der Waals surface area (Å²) in [7, 11) is 0. The van der Waals surface area contributed by atoms with E-state index in [9.17, 15) is 0 Å². The van der Waals surface area contributed by atoms with Crippen LogP contribution in [-0.4, -0.2) is 14.5 Å². The summed E-state index contributed by atoms with van der Waals surface area (Å²) in [5, 5.41) is 4.89. The van der Waals surface area contributed by atoms with Crippen molar-refractivity contribution in [3.63, 3.8) is 0 Å². The molecule has 1 aliphatic carbocycles. The highest BCUT2D eigenvalue weighted by atomic mass is 15.0. The minimum atomic E-state index is 0.708. The Morgan fingerprint density at radius 3 is 1.76 bits per heavy atom. The Morgan fingerprint density at radius 2 is 1.03 bits per heavy atom. The van der Waals surface area contributed by atoms with E-state index in [4.69, 9.17) is 9.97 Å². The van der Waals surface area contributed by atoms with Crippen LogP contribution in [0.2, 0.25) is 0 Å². The zero-order chi connectivity index (χ0) is 38.4. The molecule has 8 aromatic carbocycles. The van der Waals surface area contributed by atoms with Gasteiger partial charge in [0.15, 0.2) is 5.82 Å². The van der Waals surface area contributed by atoms with Crippen LogP contribution in [0.4, 0.5) is 0 Å². The van der Waals surface area contributed by atoms with E-state index >= 15 is 0 Å². The number of hydrogen-bond acceptors (Lipinski definition) is 2. The average molecular weight is 740 g/mol. The summed E-state index contributed by atoms with van der Waals surface area (Å²) in [6.07, 6.45) is 7.68. The van der Waals surface area contributed by atoms with E-state index in [-0.39, 0.29) is 0 Å². The molecule has 0 atom stereocenters. The fraction of sp³-hybridized carbons (Fsp3) is 0.0182. The topological polar surface area (TPSA) is 30.7 Å². The van der Waals surface area contributed by atoms with E-state index in [2.05, 4.69) is 199 Å². The number of fused-ring (bicyclic) bond motifs is 5. The van der Waals surface area contributed by atoms with Gasteiger partial charge in [0.25, 0.3) is 0 Å². The number of allylic oxidation sites excluding steroid dienone is 2. The maximum Gasteiger partial charge on any atom is 0.160 e. The molecule has 1 aliphatic rings. The summed E-state index contributed by atoms with van der Waals surface area (Å²) in [5.74, 6) is 0.708. The van der Waals surface area contributed by atoms with Crippen LogP contribution >= 0.6 is 0 Å². The number of rotatable bonds is 6. The van der Waals surface area contributed by atoms with Gasteiger partial charge in [-0.15, -0.1) is 0 Å². The second kappa shape index (κ2) is 14.1. The van der Waals surface area contributed by atoms with Crippen molar-refractivity contribution in [2.24, 2.45) is 0 Å². The van der Waals surface area contributed by atoms with Crippen LogP contribution in [0.1, 0.15) is 23.1 Å². The molecule has 0 saturated heterocycles. The molecule has 2 heterocycles. The summed E-state index contributed by atoms with van der Waals surface area (Å²) in [6.45, 7) is 0. The van der Waals surface area contributed by atoms with E-state index in [0.29, 0.717) is 5.82 Å². The first-order valence-electron chi connectivity index (χ1n) is 19.9. The number of hydrogen-bond donors (Lipinski definition) is 0. The maximum atomic E-state index is 5.26. The van der Waals surface area contributed by atoms with Crippen LogP contribution in [0.5, 0.6) is 0 Å². The van der Waals surface area contributed by atoms with Gasteiger partial charge in [-0.2, -0.15) is 0 Å². The molecule has 0 radical (unpaired) electrons. The first-order valence-corrected chi connectivity index (χ1v) is 19.9. The maximum absolute atomic E-state index is 5.26.